The van der Waals surface area contributed by atoms with Crippen molar-refractivity contribution < 1.29 is 0 Å². The van der Waals surface area contributed by atoms with Gasteiger partial charge in [-0.1, -0.05) is 42.4 Å². The third-order valence-corrected chi connectivity index (χ3v) is 5.42. The summed E-state index contributed by atoms with van der Waals surface area (Å²) in [5.41, 5.74) is 0.817. The number of hydrogen-bond donors (Lipinski definition) is 0. The Kier molecular flexibility index (Phi) is 2.43. The molecule has 2 aliphatic carbocycles. The summed E-state index contributed by atoms with van der Waals surface area (Å²) in [7, 11) is 0. The first-order chi connectivity index (χ1) is 5.68. The number of hydrogen-bond acceptors (Lipinski definition) is 0. The smallest absolute Gasteiger partial charge is 0.0228 e. The second-order valence-electron chi connectivity index (χ2n) is 4.93. The molecule has 2 aliphatic rings. The zero-order valence-corrected chi connectivity index (χ0v) is 10.2. The van der Waals surface area contributed by atoms with Gasteiger partial charge in [-0.2, -0.15) is 0 Å². The normalized spacial score (nSPS) is 45.5. The van der Waals surface area contributed by atoms with Crippen molar-refractivity contribution in [1.82, 2.24) is 0 Å². The van der Waals surface area contributed by atoms with E-state index in [1.165, 1.54) is 44.9 Å². The molecule has 2 saturated carbocycles. The van der Waals surface area contributed by atoms with Crippen LogP contribution in [-0.2, 0) is 0 Å². The van der Waals surface area contributed by atoms with Crippen LogP contribution in [0.1, 0.15) is 58.3 Å². The topological polar surface area (TPSA) is 0 Å². The maximum absolute atomic E-state index is 2.73. The van der Waals surface area contributed by atoms with Gasteiger partial charge in [0.15, 0.2) is 0 Å². The Bertz CT molecular complexity index is 166. The lowest BCUT2D eigenvalue weighted by Crippen LogP contribution is -2.13. The van der Waals surface area contributed by atoms with E-state index in [9.17, 15) is 0 Å². The Hall–Kier alpha value is 0.730. The third kappa shape index (κ3) is 1.53. The van der Waals surface area contributed by atoms with Crippen LogP contribution in [0.3, 0.4) is 0 Å². The van der Waals surface area contributed by atoms with Crippen LogP contribution in [0.15, 0.2) is 0 Å². The molecule has 2 rings (SSSR count). The van der Waals surface area contributed by atoms with Gasteiger partial charge in [0.05, 0.1) is 0 Å². The second-order valence-corrected chi connectivity index (χ2v) is 7.22. The van der Waals surface area contributed by atoms with Crippen LogP contribution in [0.25, 0.3) is 0 Å². The number of halogens is 1. The molecule has 0 aromatic carbocycles. The minimum absolute atomic E-state index is 0.742. The lowest BCUT2D eigenvalue weighted by atomic mass is 9.80. The Morgan fingerprint density at radius 1 is 1.17 bits per heavy atom. The molecule has 0 aliphatic heterocycles. The number of alkyl halides is 1. The molecule has 0 unspecified atom stereocenters. The highest BCUT2D eigenvalue weighted by atomic mass is 127. The third-order valence-electron chi connectivity index (χ3n) is 3.96. The van der Waals surface area contributed by atoms with E-state index >= 15 is 0 Å². The minimum atomic E-state index is 0.742. The van der Waals surface area contributed by atoms with Gasteiger partial charge in [-0.25, -0.2) is 0 Å². The SMILES string of the molecule is CCCCC12CCC(I)(CC1)C2. The number of unbranched alkanes of at least 4 members (excludes halogenated alkanes) is 1. The fraction of sp³-hybridized carbons (Fsp3) is 1.00. The highest BCUT2D eigenvalue weighted by Crippen LogP contribution is 2.62. The van der Waals surface area contributed by atoms with Gasteiger partial charge in [0.2, 0.25) is 0 Å². The van der Waals surface area contributed by atoms with Gasteiger partial charge in [0.25, 0.3) is 0 Å². The van der Waals surface area contributed by atoms with Gasteiger partial charge >= 0.3 is 0 Å². The van der Waals surface area contributed by atoms with Crippen molar-refractivity contribution in [1.29, 1.82) is 0 Å². The molecule has 0 amide bonds. The molecule has 0 atom stereocenters. The zero-order chi connectivity index (χ0) is 8.66. The van der Waals surface area contributed by atoms with Crippen LogP contribution in [0.5, 0.6) is 0 Å². The quantitative estimate of drug-likeness (QED) is 0.533. The van der Waals surface area contributed by atoms with E-state index in [4.69, 9.17) is 0 Å². The first kappa shape index (κ1) is 9.29. The van der Waals surface area contributed by atoms with Gasteiger partial charge in [-0.15, -0.1) is 0 Å². The Morgan fingerprint density at radius 2 is 1.83 bits per heavy atom. The molecule has 0 spiro atoms. The largest absolute Gasteiger partial charge is 0.0789 e. The van der Waals surface area contributed by atoms with Crippen molar-refractivity contribution in [3.05, 3.63) is 0 Å². The Balaban J connectivity index is 1.96. The molecule has 1 heteroatoms. The van der Waals surface area contributed by atoms with Crippen molar-refractivity contribution in [3.63, 3.8) is 0 Å². The zero-order valence-electron chi connectivity index (χ0n) is 8.03. The molecular formula is C11H19I. The van der Waals surface area contributed by atoms with Crippen LogP contribution >= 0.6 is 22.6 Å². The van der Waals surface area contributed by atoms with Crippen molar-refractivity contribution in [2.45, 2.75) is 61.7 Å². The maximum atomic E-state index is 2.73. The van der Waals surface area contributed by atoms with Gasteiger partial charge in [0, 0.05) is 3.42 Å². The molecule has 0 saturated heterocycles. The summed E-state index contributed by atoms with van der Waals surface area (Å²) < 4.78 is 0.742. The van der Waals surface area contributed by atoms with Crippen molar-refractivity contribution in [2.75, 3.05) is 0 Å². The van der Waals surface area contributed by atoms with Crippen LogP contribution < -0.4 is 0 Å². The van der Waals surface area contributed by atoms with Gasteiger partial charge in [0.1, 0.15) is 0 Å². The molecule has 0 aromatic rings. The van der Waals surface area contributed by atoms with Crippen molar-refractivity contribution in [3.8, 4) is 0 Å². The summed E-state index contributed by atoms with van der Waals surface area (Å²) in [5, 5.41) is 0. The average Bonchev–Trinajstić information content (AvgIpc) is 2.55. The lowest BCUT2D eigenvalue weighted by Gasteiger charge is -2.26. The van der Waals surface area contributed by atoms with E-state index in [0.717, 1.165) is 8.84 Å². The summed E-state index contributed by atoms with van der Waals surface area (Å²) in [4.78, 5) is 0. The minimum Gasteiger partial charge on any atom is -0.0789 e. The predicted molar refractivity (Wildman–Crippen MR) is 61.8 cm³/mol. The van der Waals surface area contributed by atoms with Crippen molar-refractivity contribution >= 4 is 22.6 Å². The fourth-order valence-corrected chi connectivity index (χ4v) is 4.49. The molecule has 70 valence electrons. The van der Waals surface area contributed by atoms with Crippen LogP contribution in [0, 0.1) is 5.41 Å². The van der Waals surface area contributed by atoms with E-state index in [1.807, 2.05) is 0 Å². The monoisotopic (exact) mass is 278 g/mol. The van der Waals surface area contributed by atoms with Gasteiger partial charge < -0.3 is 0 Å². The van der Waals surface area contributed by atoms with Crippen LogP contribution in [0.2, 0.25) is 0 Å². The maximum Gasteiger partial charge on any atom is 0.0228 e. The Labute approximate surface area is 89.6 Å². The predicted octanol–water partition coefficient (Wildman–Crippen LogP) is 4.31. The second kappa shape index (κ2) is 3.14. The molecule has 0 radical (unpaired) electrons. The summed E-state index contributed by atoms with van der Waals surface area (Å²) >= 11 is 2.73. The highest BCUT2D eigenvalue weighted by Gasteiger charge is 2.51. The average molecular weight is 278 g/mol. The summed E-state index contributed by atoms with van der Waals surface area (Å²) in [6.45, 7) is 2.32. The molecule has 0 nitrogen and oxygen atoms in total. The lowest BCUT2D eigenvalue weighted by molar-refractivity contribution is 0.263. The summed E-state index contributed by atoms with van der Waals surface area (Å²) in [5.74, 6) is 0. The van der Waals surface area contributed by atoms with Crippen molar-refractivity contribution in [2.24, 2.45) is 5.41 Å². The summed E-state index contributed by atoms with van der Waals surface area (Å²) in [6.07, 6.45) is 12.0. The van der Waals surface area contributed by atoms with Gasteiger partial charge in [-0.3, -0.25) is 0 Å². The van der Waals surface area contributed by atoms with E-state index in [1.54, 1.807) is 6.42 Å². The van der Waals surface area contributed by atoms with Crippen LogP contribution in [0.4, 0.5) is 0 Å². The molecule has 0 heterocycles. The molecule has 0 N–H and O–H groups in total. The van der Waals surface area contributed by atoms with E-state index in [2.05, 4.69) is 29.5 Å². The highest BCUT2D eigenvalue weighted by molar-refractivity contribution is 14.1. The first-order valence-electron chi connectivity index (χ1n) is 5.37. The first-order valence-corrected chi connectivity index (χ1v) is 6.45. The summed E-state index contributed by atoms with van der Waals surface area (Å²) in [6, 6.07) is 0. The fourth-order valence-electron chi connectivity index (χ4n) is 3.14. The number of rotatable bonds is 3. The van der Waals surface area contributed by atoms with E-state index in [0.29, 0.717) is 0 Å². The number of fused-ring (bicyclic) bond motifs is 2. The standard InChI is InChI=1S/C11H19I/c1-2-3-4-10-5-7-11(12,9-10)8-6-10/h2-9H2,1H3. The molecule has 2 bridgehead atoms. The van der Waals surface area contributed by atoms with Crippen LogP contribution in [-0.4, -0.2) is 3.42 Å². The molecule has 0 aromatic heterocycles. The van der Waals surface area contributed by atoms with E-state index in [-0.39, 0.29) is 0 Å². The Morgan fingerprint density at radius 3 is 2.25 bits per heavy atom. The molecular weight excluding hydrogens is 259 g/mol. The van der Waals surface area contributed by atoms with E-state index < -0.39 is 0 Å². The molecule has 2 fully saturated rings. The molecule has 12 heavy (non-hydrogen) atoms. The van der Waals surface area contributed by atoms with Gasteiger partial charge in [-0.05, 0) is 43.9 Å².